The third-order valence-corrected chi connectivity index (χ3v) is 5.83. The molecule has 2 amide bonds. The van der Waals surface area contributed by atoms with Crippen LogP contribution in [0.5, 0.6) is 0 Å². The zero-order valence-electron chi connectivity index (χ0n) is 20.1. The molecule has 182 valence electrons. The van der Waals surface area contributed by atoms with E-state index in [2.05, 4.69) is 76.4 Å². The number of hydrogen-bond donors (Lipinski definition) is 4. The molecule has 4 aromatic rings. The molecule has 0 aliphatic rings. The van der Waals surface area contributed by atoms with Crippen molar-refractivity contribution in [3.05, 3.63) is 127 Å². The van der Waals surface area contributed by atoms with Gasteiger partial charge in [-0.25, -0.2) is 0 Å². The van der Waals surface area contributed by atoms with Crippen LogP contribution in [0.25, 0.3) is 0 Å². The van der Waals surface area contributed by atoms with Crippen LogP contribution in [0.1, 0.15) is 28.8 Å². The van der Waals surface area contributed by atoms with Gasteiger partial charge in [0.25, 0.3) is 0 Å². The number of hydrogen-bond acceptors (Lipinski definition) is 4. The molecule has 0 unspecified atom stereocenters. The number of rotatable bonds is 9. The van der Waals surface area contributed by atoms with Crippen molar-refractivity contribution in [1.82, 2.24) is 15.5 Å². The first-order chi connectivity index (χ1) is 17.4. The normalized spacial score (nSPS) is 11.2. The molecule has 0 saturated heterocycles. The minimum atomic E-state index is -0.811. The lowest BCUT2D eigenvalue weighted by molar-refractivity contribution is -0.126. The monoisotopic (exact) mass is 479 g/mol. The van der Waals surface area contributed by atoms with Crippen molar-refractivity contribution < 1.29 is 9.59 Å². The molecule has 0 saturated carbocycles. The van der Waals surface area contributed by atoms with Gasteiger partial charge in [-0.1, -0.05) is 91.0 Å². The maximum atomic E-state index is 12.7. The van der Waals surface area contributed by atoms with Crippen molar-refractivity contribution in [3.63, 3.8) is 0 Å². The standard InChI is InChI=1S/C29H29N5O2/c1-20(2)30-25(35)19-26(36)31-27-21(3)33-34-28(27)32-29(22-13-7-4-8-14-22,23-15-9-5-10-16-23)24-17-11-6-12-18-24/h4-18,20H,1-2,19H2,3H3,(H,30,35)(H,31,36)(H2,32,33,34). The Morgan fingerprint density at radius 3 is 1.75 bits per heavy atom. The summed E-state index contributed by atoms with van der Waals surface area (Å²) >= 11 is 0. The lowest BCUT2D eigenvalue weighted by atomic mass is 9.77. The van der Waals surface area contributed by atoms with Gasteiger partial charge < -0.3 is 16.0 Å². The van der Waals surface area contributed by atoms with E-state index in [0.717, 1.165) is 16.7 Å². The average molecular weight is 480 g/mol. The van der Waals surface area contributed by atoms with Crippen molar-refractivity contribution in [2.75, 3.05) is 10.6 Å². The van der Waals surface area contributed by atoms with E-state index in [1.807, 2.05) is 54.6 Å². The smallest absolute Gasteiger partial charge is 0.233 e. The molecular weight excluding hydrogens is 450 g/mol. The second kappa shape index (κ2) is 10.9. The number of aryl methyl sites for hydroxylation is 1. The van der Waals surface area contributed by atoms with Gasteiger partial charge in [0.1, 0.15) is 23.5 Å². The van der Waals surface area contributed by atoms with E-state index in [1.165, 1.54) is 0 Å². The van der Waals surface area contributed by atoms with E-state index in [0.29, 0.717) is 17.2 Å². The van der Waals surface area contributed by atoms with E-state index in [9.17, 15) is 9.59 Å². The number of carbonyl (C=O) groups excluding carboxylic acids is 2. The van der Waals surface area contributed by atoms with Crippen LogP contribution < -0.4 is 16.0 Å². The fraction of sp³-hybridized carbons (Fsp3) is 0.138. The molecule has 2 radical (unpaired) electrons. The number of anilines is 2. The summed E-state index contributed by atoms with van der Waals surface area (Å²) in [6, 6.07) is 29.7. The second-order valence-corrected chi connectivity index (χ2v) is 8.52. The van der Waals surface area contributed by atoms with Gasteiger partial charge in [-0.15, -0.1) is 0 Å². The quantitative estimate of drug-likeness (QED) is 0.208. The summed E-state index contributed by atoms with van der Waals surface area (Å²) in [6.45, 7) is 9.02. The SMILES string of the molecule is [CH2]C([CH2])NC(=O)CC(=O)Nc1c(C)n[nH]c1NC(c1ccccc1)(c1ccccc1)c1ccccc1. The zero-order valence-corrected chi connectivity index (χ0v) is 20.1. The van der Waals surface area contributed by atoms with Gasteiger partial charge in [0, 0.05) is 6.04 Å². The molecule has 0 aliphatic carbocycles. The molecular formula is C29H29N5O2. The Morgan fingerprint density at radius 2 is 1.31 bits per heavy atom. The third-order valence-electron chi connectivity index (χ3n) is 5.83. The second-order valence-electron chi connectivity index (χ2n) is 8.52. The molecule has 0 bridgehead atoms. The summed E-state index contributed by atoms with van der Waals surface area (Å²) < 4.78 is 0. The fourth-order valence-corrected chi connectivity index (χ4v) is 4.25. The highest BCUT2D eigenvalue weighted by Crippen LogP contribution is 2.41. The van der Waals surface area contributed by atoms with Crippen LogP contribution in [0, 0.1) is 20.8 Å². The first-order valence-electron chi connectivity index (χ1n) is 11.6. The number of aromatic nitrogens is 2. The van der Waals surface area contributed by atoms with Crippen molar-refractivity contribution in [3.8, 4) is 0 Å². The van der Waals surface area contributed by atoms with E-state index in [4.69, 9.17) is 0 Å². The lowest BCUT2D eigenvalue weighted by Gasteiger charge is -2.37. The van der Waals surface area contributed by atoms with Crippen molar-refractivity contribution >= 4 is 23.3 Å². The number of aromatic amines is 1. The number of nitrogens with zero attached hydrogens (tertiary/aromatic N) is 1. The van der Waals surface area contributed by atoms with Crippen LogP contribution >= 0.6 is 0 Å². The predicted molar refractivity (Wildman–Crippen MR) is 142 cm³/mol. The van der Waals surface area contributed by atoms with Gasteiger partial charge >= 0.3 is 0 Å². The molecule has 1 aromatic heterocycles. The topological polar surface area (TPSA) is 98.9 Å². The molecule has 4 N–H and O–H groups in total. The van der Waals surface area contributed by atoms with E-state index >= 15 is 0 Å². The molecule has 36 heavy (non-hydrogen) atoms. The Labute approximate surface area is 211 Å². The maximum Gasteiger partial charge on any atom is 0.233 e. The summed E-state index contributed by atoms with van der Waals surface area (Å²) in [6.07, 6.45) is -0.354. The molecule has 4 rings (SSSR count). The maximum absolute atomic E-state index is 12.7. The van der Waals surface area contributed by atoms with Crippen LogP contribution in [0.4, 0.5) is 11.5 Å². The summed E-state index contributed by atoms with van der Waals surface area (Å²) in [4.78, 5) is 24.8. The summed E-state index contributed by atoms with van der Waals surface area (Å²) in [5, 5.41) is 16.4. The van der Waals surface area contributed by atoms with Crippen molar-refractivity contribution in [2.45, 2.75) is 24.9 Å². The van der Waals surface area contributed by atoms with Gasteiger partial charge in [-0.3, -0.25) is 14.7 Å². The van der Waals surface area contributed by atoms with Gasteiger partial charge in [0.15, 0.2) is 0 Å². The Kier molecular flexibility index (Phi) is 7.49. The highest BCUT2D eigenvalue weighted by Gasteiger charge is 2.37. The van der Waals surface area contributed by atoms with Crippen LogP contribution in [-0.4, -0.2) is 28.1 Å². The fourth-order valence-electron chi connectivity index (χ4n) is 4.25. The van der Waals surface area contributed by atoms with Crippen LogP contribution in [0.15, 0.2) is 91.0 Å². The predicted octanol–water partition coefficient (Wildman–Crippen LogP) is 4.60. The summed E-state index contributed by atoms with van der Waals surface area (Å²) in [5.41, 5.74) is 3.26. The van der Waals surface area contributed by atoms with E-state index in [1.54, 1.807) is 6.92 Å². The molecule has 1 heterocycles. The summed E-state index contributed by atoms with van der Waals surface area (Å²) in [7, 11) is 0. The molecule has 0 aliphatic heterocycles. The number of nitrogens with one attached hydrogen (secondary N) is 4. The van der Waals surface area contributed by atoms with Gasteiger partial charge in [0.2, 0.25) is 11.8 Å². The Bertz CT molecular complexity index is 1200. The van der Waals surface area contributed by atoms with Gasteiger partial charge in [0.05, 0.1) is 5.69 Å². The molecule has 7 heteroatoms. The molecule has 7 nitrogen and oxygen atoms in total. The highest BCUT2D eigenvalue weighted by molar-refractivity contribution is 6.05. The van der Waals surface area contributed by atoms with E-state index < -0.39 is 23.4 Å². The van der Waals surface area contributed by atoms with E-state index in [-0.39, 0.29) is 6.42 Å². The Balaban J connectivity index is 1.79. The number of amides is 2. The van der Waals surface area contributed by atoms with Crippen LogP contribution in [0.2, 0.25) is 0 Å². The lowest BCUT2D eigenvalue weighted by Crippen LogP contribution is -2.38. The minimum Gasteiger partial charge on any atom is -0.353 e. The van der Waals surface area contributed by atoms with Crippen molar-refractivity contribution in [1.29, 1.82) is 0 Å². The van der Waals surface area contributed by atoms with Crippen LogP contribution in [0.3, 0.4) is 0 Å². The van der Waals surface area contributed by atoms with Crippen molar-refractivity contribution in [2.24, 2.45) is 0 Å². The molecule has 0 atom stereocenters. The first-order valence-corrected chi connectivity index (χ1v) is 11.6. The van der Waals surface area contributed by atoms with Gasteiger partial charge in [-0.2, -0.15) is 5.10 Å². The number of H-pyrrole nitrogens is 1. The van der Waals surface area contributed by atoms with Gasteiger partial charge in [-0.05, 0) is 37.5 Å². The molecule has 0 spiro atoms. The highest BCUT2D eigenvalue weighted by atomic mass is 16.2. The minimum absolute atomic E-state index is 0.354. The number of benzene rings is 3. The Hall–Kier alpha value is -4.39. The number of carbonyl (C=O) groups is 2. The zero-order chi connectivity index (χ0) is 25.5. The largest absolute Gasteiger partial charge is 0.353 e. The first kappa shape index (κ1) is 24.7. The third kappa shape index (κ3) is 5.30. The average Bonchev–Trinajstić information content (AvgIpc) is 3.21. The van der Waals surface area contributed by atoms with Crippen LogP contribution in [-0.2, 0) is 15.1 Å². The Morgan fingerprint density at radius 1 is 0.833 bits per heavy atom. The molecule has 3 aromatic carbocycles. The molecule has 0 fully saturated rings. The summed E-state index contributed by atoms with van der Waals surface area (Å²) in [5.74, 6) is -0.402.